The lowest BCUT2D eigenvalue weighted by molar-refractivity contribution is -0.154. The molecule has 0 spiro atoms. The van der Waals surface area contributed by atoms with Crippen LogP contribution in [0.15, 0.2) is 36.5 Å². The van der Waals surface area contributed by atoms with Crippen molar-refractivity contribution in [2.45, 2.75) is 25.2 Å². The summed E-state index contributed by atoms with van der Waals surface area (Å²) < 4.78 is 54.7. The molecule has 1 amide bonds. The van der Waals surface area contributed by atoms with Crippen LogP contribution in [-0.4, -0.2) is 30.2 Å². The van der Waals surface area contributed by atoms with Crippen molar-refractivity contribution in [3.05, 3.63) is 59.0 Å². The van der Waals surface area contributed by atoms with Gasteiger partial charge >= 0.3 is 6.18 Å². The first-order chi connectivity index (χ1) is 12.8. The van der Waals surface area contributed by atoms with Gasteiger partial charge in [0.1, 0.15) is 11.9 Å². The van der Waals surface area contributed by atoms with E-state index >= 15 is 0 Å². The van der Waals surface area contributed by atoms with E-state index in [9.17, 15) is 22.4 Å². The summed E-state index contributed by atoms with van der Waals surface area (Å²) in [6.45, 7) is -0.780. The van der Waals surface area contributed by atoms with Crippen LogP contribution in [0.5, 0.6) is 5.88 Å². The number of pyridine rings is 1. The Balaban J connectivity index is 1.63. The summed E-state index contributed by atoms with van der Waals surface area (Å²) >= 11 is 0. The average Bonchev–Trinajstić information content (AvgIpc) is 2.64. The van der Waals surface area contributed by atoms with Gasteiger partial charge in [-0.2, -0.15) is 13.2 Å². The quantitative estimate of drug-likeness (QED) is 0.780. The summed E-state index contributed by atoms with van der Waals surface area (Å²) in [6.07, 6.45) is -2.46. The number of ether oxygens (including phenoxy) is 1. The van der Waals surface area contributed by atoms with Gasteiger partial charge in [-0.25, -0.2) is 9.37 Å². The highest BCUT2D eigenvalue weighted by Crippen LogP contribution is 2.24. The second kappa shape index (κ2) is 7.91. The molecule has 2 N–H and O–H groups in total. The van der Waals surface area contributed by atoms with E-state index in [1.54, 1.807) is 12.1 Å². The van der Waals surface area contributed by atoms with Gasteiger partial charge in [0, 0.05) is 25.4 Å². The van der Waals surface area contributed by atoms with Gasteiger partial charge in [0.25, 0.3) is 0 Å². The largest absolute Gasteiger partial charge is 0.468 e. The molecule has 0 fully saturated rings. The summed E-state index contributed by atoms with van der Waals surface area (Å²) in [6, 6.07) is 6.56. The van der Waals surface area contributed by atoms with Gasteiger partial charge in [-0.15, -0.1) is 0 Å². The zero-order valence-electron chi connectivity index (χ0n) is 14.1. The first-order valence-electron chi connectivity index (χ1n) is 8.26. The maximum atomic E-state index is 13.5. The van der Waals surface area contributed by atoms with Crippen LogP contribution in [0, 0.1) is 5.82 Å². The van der Waals surface area contributed by atoms with E-state index in [0.717, 1.165) is 5.56 Å². The molecule has 5 nitrogen and oxygen atoms in total. The zero-order valence-corrected chi connectivity index (χ0v) is 14.1. The second-order valence-corrected chi connectivity index (χ2v) is 6.10. The maximum absolute atomic E-state index is 13.5. The van der Waals surface area contributed by atoms with Crippen LogP contribution >= 0.6 is 0 Å². The van der Waals surface area contributed by atoms with Gasteiger partial charge in [0.05, 0.1) is 0 Å². The van der Waals surface area contributed by atoms with E-state index < -0.39 is 24.6 Å². The number of alkyl halides is 3. The molecule has 1 aromatic carbocycles. The molecule has 27 heavy (non-hydrogen) atoms. The molecule has 1 atom stereocenters. The minimum absolute atomic E-state index is 0.0760. The summed E-state index contributed by atoms with van der Waals surface area (Å²) in [4.78, 5) is 16.2. The molecule has 0 aliphatic carbocycles. The maximum Gasteiger partial charge on any atom is 0.422 e. The number of hydrogen-bond acceptors (Lipinski definition) is 4. The van der Waals surface area contributed by atoms with Crippen molar-refractivity contribution in [2.75, 3.05) is 13.2 Å². The van der Waals surface area contributed by atoms with Gasteiger partial charge in [-0.3, -0.25) is 4.79 Å². The summed E-state index contributed by atoms with van der Waals surface area (Å²) in [5.74, 6) is -0.950. The number of halogens is 4. The van der Waals surface area contributed by atoms with Crippen LogP contribution in [0.25, 0.3) is 0 Å². The number of carbonyl (C=O) groups excluding carboxylic acids is 1. The van der Waals surface area contributed by atoms with Gasteiger partial charge in [0.2, 0.25) is 11.8 Å². The molecular weight excluding hydrogens is 366 g/mol. The number of benzene rings is 1. The lowest BCUT2D eigenvalue weighted by Gasteiger charge is -2.26. The van der Waals surface area contributed by atoms with E-state index in [2.05, 4.69) is 20.4 Å². The minimum atomic E-state index is -4.46. The molecule has 2 aromatic rings. The minimum Gasteiger partial charge on any atom is -0.468 e. The normalized spacial score (nSPS) is 16.5. The molecule has 9 heteroatoms. The third kappa shape index (κ3) is 5.16. The molecule has 1 aliphatic heterocycles. The van der Waals surface area contributed by atoms with Crippen LogP contribution in [0.3, 0.4) is 0 Å². The predicted molar refractivity (Wildman–Crippen MR) is 88.5 cm³/mol. The van der Waals surface area contributed by atoms with E-state index in [1.807, 2.05) is 0 Å². The van der Waals surface area contributed by atoms with Crippen molar-refractivity contribution >= 4 is 5.91 Å². The SMILES string of the molecule is O=C(NCc1ccnc(OCC(F)(F)F)c1)C1NCCc2ccc(F)cc21. The topological polar surface area (TPSA) is 63.2 Å². The number of aromatic nitrogens is 1. The fraction of sp³-hybridized carbons (Fsp3) is 0.333. The number of carbonyl (C=O) groups is 1. The number of amides is 1. The summed E-state index contributed by atoms with van der Waals surface area (Å²) in [7, 11) is 0. The van der Waals surface area contributed by atoms with Crippen molar-refractivity contribution < 1.29 is 27.1 Å². The molecule has 0 radical (unpaired) electrons. The number of rotatable bonds is 5. The lowest BCUT2D eigenvalue weighted by atomic mass is 9.93. The van der Waals surface area contributed by atoms with Crippen LogP contribution in [0.1, 0.15) is 22.7 Å². The number of hydrogen-bond donors (Lipinski definition) is 2. The molecule has 3 rings (SSSR count). The van der Waals surface area contributed by atoms with E-state index in [4.69, 9.17) is 0 Å². The molecule has 1 unspecified atom stereocenters. The first-order valence-corrected chi connectivity index (χ1v) is 8.26. The number of fused-ring (bicyclic) bond motifs is 1. The van der Waals surface area contributed by atoms with Gasteiger partial charge in [-0.1, -0.05) is 6.07 Å². The van der Waals surface area contributed by atoms with Gasteiger partial charge < -0.3 is 15.4 Å². The van der Waals surface area contributed by atoms with E-state index in [1.165, 1.54) is 24.4 Å². The smallest absolute Gasteiger partial charge is 0.422 e. The summed E-state index contributed by atoms with van der Waals surface area (Å²) in [5.41, 5.74) is 2.02. The summed E-state index contributed by atoms with van der Waals surface area (Å²) in [5, 5.41) is 5.75. The molecular formula is C18H17F4N3O2. The lowest BCUT2D eigenvalue weighted by Crippen LogP contribution is -2.41. The molecule has 0 bridgehead atoms. The highest BCUT2D eigenvalue weighted by atomic mass is 19.4. The average molecular weight is 383 g/mol. The van der Waals surface area contributed by atoms with Crippen molar-refractivity contribution in [1.29, 1.82) is 0 Å². The Bertz CT molecular complexity index is 826. The standard InChI is InChI=1S/C18H17F4N3O2/c19-13-2-1-12-4-6-24-16(14(12)8-13)17(26)25-9-11-3-5-23-15(7-11)27-10-18(20,21)22/h1-3,5,7-8,16,24H,4,6,9-10H2,(H,25,26). The highest BCUT2D eigenvalue weighted by molar-refractivity contribution is 5.83. The van der Waals surface area contributed by atoms with Crippen LogP contribution in [0.2, 0.25) is 0 Å². The molecule has 144 valence electrons. The molecule has 1 aliphatic rings. The first kappa shape index (κ1) is 19.1. The molecule has 1 aromatic heterocycles. The number of nitrogens with zero attached hydrogens (tertiary/aromatic N) is 1. The zero-order chi connectivity index (χ0) is 19.4. The predicted octanol–water partition coefficient (Wildman–Crippen LogP) is 2.67. The Morgan fingerprint density at radius 2 is 2.11 bits per heavy atom. The Hall–Kier alpha value is -2.68. The monoisotopic (exact) mass is 383 g/mol. The van der Waals surface area contributed by atoms with E-state index in [0.29, 0.717) is 24.1 Å². The van der Waals surface area contributed by atoms with E-state index in [-0.39, 0.29) is 18.3 Å². The van der Waals surface area contributed by atoms with Crippen molar-refractivity contribution in [2.24, 2.45) is 0 Å². The fourth-order valence-electron chi connectivity index (χ4n) is 2.84. The van der Waals surface area contributed by atoms with Crippen molar-refractivity contribution in [3.63, 3.8) is 0 Å². The van der Waals surface area contributed by atoms with Crippen molar-refractivity contribution in [3.8, 4) is 5.88 Å². The van der Waals surface area contributed by atoms with Crippen molar-refractivity contribution in [1.82, 2.24) is 15.6 Å². The van der Waals surface area contributed by atoms with Crippen LogP contribution in [0.4, 0.5) is 17.6 Å². The van der Waals surface area contributed by atoms with Crippen LogP contribution in [-0.2, 0) is 17.8 Å². The Kier molecular flexibility index (Phi) is 5.59. The molecule has 0 saturated heterocycles. The molecule has 0 saturated carbocycles. The Morgan fingerprint density at radius 3 is 2.89 bits per heavy atom. The highest BCUT2D eigenvalue weighted by Gasteiger charge is 2.29. The Labute approximate surface area is 152 Å². The third-order valence-electron chi connectivity index (χ3n) is 4.07. The fourth-order valence-corrected chi connectivity index (χ4v) is 2.84. The third-order valence-corrected chi connectivity index (χ3v) is 4.07. The van der Waals surface area contributed by atoms with Gasteiger partial charge in [0.15, 0.2) is 6.61 Å². The Morgan fingerprint density at radius 1 is 1.30 bits per heavy atom. The van der Waals surface area contributed by atoms with Crippen LogP contribution < -0.4 is 15.4 Å². The molecule has 2 heterocycles. The van der Waals surface area contributed by atoms with Gasteiger partial charge in [-0.05, 0) is 41.3 Å². The number of nitrogens with one attached hydrogen (secondary N) is 2. The second-order valence-electron chi connectivity index (χ2n) is 6.10.